The molecule has 0 fully saturated rings. The molecule has 1 atom stereocenters. The molecule has 1 aliphatic heterocycles. The van der Waals surface area contributed by atoms with E-state index >= 15 is 0 Å². The molecule has 0 saturated carbocycles. The van der Waals surface area contributed by atoms with E-state index in [0.29, 0.717) is 28.1 Å². The maximum atomic E-state index is 13.0. The van der Waals surface area contributed by atoms with Crippen molar-refractivity contribution < 1.29 is 19.1 Å². The van der Waals surface area contributed by atoms with Crippen LogP contribution in [0.25, 0.3) is 11.3 Å². The Hall–Kier alpha value is -4.43. The summed E-state index contributed by atoms with van der Waals surface area (Å²) in [5.41, 5.74) is 16.2. The molecule has 3 aromatic carbocycles. The molecule has 4 rings (SSSR count). The van der Waals surface area contributed by atoms with Crippen LogP contribution < -0.4 is 22.1 Å². The predicted octanol–water partition coefficient (Wildman–Crippen LogP) is 3.28. The Morgan fingerprint density at radius 1 is 1.00 bits per heavy atom. The van der Waals surface area contributed by atoms with Gasteiger partial charge in [0, 0.05) is 23.7 Å². The summed E-state index contributed by atoms with van der Waals surface area (Å²) < 4.78 is 4.78. The standard InChI is InChI=1S/C26H24N4O4/c1-34-26(33)17-9-12-19-21(13-17)30-25(32)23(19)24(16-5-3-2-4-6-16)29-18-10-7-15(8-11-18)20(27)14-22(28)31/h2-13,20,29H,14,27H2,1H3,(H2,28,31)(H,30,32). The molecule has 34 heavy (non-hydrogen) atoms. The summed E-state index contributed by atoms with van der Waals surface area (Å²) in [6, 6.07) is 21.2. The number of rotatable bonds is 7. The molecule has 0 aromatic heterocycles. The molecule has 3 aromatic rings. The fourth-order valence-electron chi connectivity index (χ4n) is 3.84. The molecule has 172 valence electrons. The van der Waals surface area contributed by atoms with Crippen LogP contribution in [0.1, 0.15) is 39.5 Å². The first-order chi connectivity index (χ1) is 16.4. The maximum Gasteiger partial charge on any atom is 0.337 e. The zero-order valence-electron chi connectivity index (χ0n) is 18.5. The predicted molar refractivity (Wildman–Crippen MR) is 130 cm³/mol. The van der Waals surface area contributed by atoms with E-state index in [1.54, 1.807) is 18.2 Å². The summed E-state index contributed by atoms with van der Waals surface area (Å²) in [5, 5.41) is 6.20. The lowest BCUT2D eigenvalue weighted by atomic mass is 9.98. The average molecular weight is 457 g/mol. The zero-order chi connectivity index (χ0) is 24.2. The minimum absolute atomic E-state index is 0.0522. The molecule has 8 heteroatoms. The van der Waals surface area contributed by atoms with E-state index in [1.165, 1.54) is 7.11 Å². The zero-order valence-corrected chi connectivity index (χ0v) is 18.5. The van der Waals surface area contributed by atoms with Gasteiger partial charge in [0.25, 0.3) is 5.91 Å². The van der Waals surface area contributed by atoms with Crippen molar-refractivity contribution in [1.82, 2.24) is 0 Å². The van der Waals surface area contributed by atoms with E-state index in [4.69, 9.17) is 16.2 Å². The van der Waals surface area contributed by atoms with E-state index in [1.807, 2.05) is 54.6 Å². The molecule has 0 radical (unpaired) electrons. The van der Waals surface area contributed by atoms with Crippen LogP contribution >= 0.6 is 0 Å². The number of nitrogens with two attached hydrogens (primary N) is 2. The molecule has 0 saturated heterocycles. The second kappa shape index (κ2) is 9.60. The molecular weight excluding hydrogens is 432 g/mol. The minimum Gasteiger partial charge on any atom is -0.465 e. The van der Waals surface area contributed by atoms with Crippen LogP contribution in [0, 0.1) is 0 Å². The van der Waals surface area contributed by atoms with E-state index in [-0.39, 0.29) is 12.3 Å². The lowest BCUT2D eigenvalue weighted by Crippen LogP contribution is -2.20. The molecule has 1 unspecified atom stereocenters. The van der Waals surface area contributed by atoms with Gasteiger partial charge in [-0.25, -0.2) is 4.79 Å². The Kier molecular flexibility index (Phi) is 6.42. The van der Waals surface area contributed by atoms with Crippen LogP contribution in [-0.4, -0.2) is 24.9 Å². The SMILES string of the molecule is COC(=O)c1ccc2c(c1)NC(=O)C2=C(Nc1ccc(C(N)CC(N)=O)cc1)c1ccccc1. The van der Waals surface area contributed by atoms with Gasteiger partial charge in [0.2, 0.25) is 5.91 Å². The number of hydrogen-bond donors (Lipinski definition) is 4. The van der Waals surface area contributed by atoms with Crippen molar-refractivity contribution in [3.8, 4) is 0 Å². The lowest BCUT2D eigenvalue weighted by Gasteiger charge is -2.16. The second-order valence-electron chi connectivity index (χ2n) is 7.85. The first kappa shape index (κ1) is 22.8. The highest BCUT2D eigenvalue weighted by Crippen LogP contribution is 2.38. The summed E-state index contributed by atoms with van der Waals surface area (Å²) in [6.45, 7) is 0. The van der Waals surface area contributed by atoms with Crippen molar-refractivity contribution in [1.29, 1.82) is 0 Å². The van der Waals surface area contributed by atoms with Gasteiger partial charge in [-0.1, -0.05) is 48.5 Å². The van der Waals surface area contributed by atoms with Gasteiger partial charge in [0.05, 0.1) is 29.6 Å². The Morgan fingerprint density at radius 3 is 2.35 bits per heavy atom. The number of methoxy groups -OCH3 is 1. The van der Waals surface area contributed by atoms with Crippen molar-refractivity contribution >= 4 is 40.4 Å². The van der Waals surface area contributed by atoms with Gasteiger partial charge in [-0.2, -0.15) is 0 Å². The van der Waals surface area contributed by atoms with Crippen LogP contribution in [0.15, 0.2) is 72.8 Å². The van der Waals surface area contributed by atoms with E-state index < -0.39 is 17.9 Å². The number of esters is 1. The topological polar surface area (TPSA) is 137 Å². The smallest absolute Gasteiger partial charge is 0.337 e. The van der Waals surface area contributed by atoms with Gasteiger partial charge >= 0.3 is 5.97 Å². The third kappa shape index (κ3) is 4.67. The molecule has 0 bridgehead atoms. The molecule has 8 nitrogen and oxygen atoms in total. The number of ether oxygens (including phenoxy) is 1. The molecule has 1 heterocycles. The van der Waals surface area contributed by atoms with Crippen molar-refractivity contribution in [2.75, 3.05) is 17.7 Å². The van der Waals surface area contributed by atoms with Gasteiger partial charge in [0.15, 0.2) is 0 Å². The Bertz CT molecular complexity index is 1280. The number of anilines is 2. The molecule has 0 spiro atoms. The highest BCUT2D eigenvalue weighted by Gasteiger charge is 2.29. The van der Waals surface area contributed by atoms with Crippen molar-refractivity contribution in [3.63, 3.8) is 0 Å². The first-order valence-electron chi connectivity index (χ1n) is 10.6. The number of nitrogens with one attached hydrogen (secondary N) is 2. The highest BCUT2D eigenvalue weighted by atomic mass is 16.5. The Labute approximate surface area is 196 Å². The number of carbonyl (C=O) groups excluding carboxylic acids is 3. The monoisotopic (exact) mass is 456 g/mol. The number of fused-ring (bicyclic) bond motifs is 1. The number of benzene rings is 3. The number of primary amides is 1. The van der Waals surface area contributed by atoms with E-state index in [0.717, 1.165) is 16.8 Å². The van der Waals surface area contributed by atoms with Gasteiger partial charge in [0.1, 0.15) is 0 Å². The summed E-state index contributed by atoms with van der Waals surface area (Å²) in [7, 11) is 1.31. The van der Waals surface area contributed by atoms with Crippen LogP contribution in [0.5, 0.6) is 0 Å². The van der Waals surface area contributed by atoms with Crippen molar-refractivity contribution in [3.05, 3.63) is 95.1 Å². The second-order valence-corrected chi connectivity index (χ2v) is 7.85. The summed E-state index contributed by atoms with van der Waals surface area (Å²) in [6.07, 6.45) is 0.0522. The fourth-order valence-corrected chi connectivity index (χ4v) is 3.84. The van der Waals surface area contributed by atoms with Gasteiger partial charge < -0.3 is 26.8 Å². The summed E-state index contributed by atoms with van der Waals surface area (Å²) in [4.78, 5) is 36.1. The largest absolute Gasteiger partial charge is 0.465 e. The minimum atomic E-state index is -0.491. The highest BCUT2D eigenvalue weighted by molar-refractivity contribution is 6.37. The number of amides is 2. The molecule has 6 N–H and O–H groups in total. The summed E-state index contributed by atoms with van der Waals surface area (Å²) >= 11 is 0. The average Bonchev–Trinajstić information content (AvgIpc) is 3.17. The summed E-state index contributed by atoms with van der Waals surface area (Å²) in [5.74, 6) is -1.24. The van der Waals surface area contributed by atoms with Crippen LogP contribution in [0.2, 0.25) is 0 Å². The number of carbonyl (C=O) groups is 3. The van der Waals surface area contributed by atoms with Crippen molar-refractivity contribution in [2.24, 2.45) is 11.5 Å². The van der Waals surface area contributed by atoms with Crippen LogP contribution in [0.4, 0.5) is 11.4 Å². The first-order valence-corrected chi connectivity index (χ1v) is 10.6. The Morgan fingerprint density at radius 2 is 1.71 bits per heavy atom. The van der Waals surface area contributed by atoms with Gasteiger partial charge in [-0.05, 0) is 35.4 Å². The fraction of sp³-hybridized carbons (Fsp3) is 0.115. The van der Waals surface area contributed by atoms with E-state index in [2.05, 4.69) is 10.6 Å². The van der Waals surface area contributed by atoms with Crippen molar-refractivity contribution in [2.45, 2.75) is 12.5 Å². The molecule has 0 aliphatic carbocycles. The lowest BCUT2D eigenvalue weighted by molar-refractivity contribution is -0.118. The third-order valence-electron chi connectivity index (χ3n) is 5.53. The third-order valence-corrected chi connectivity index (χ3v) is 5.53. The quantitative estimate of drug-likeness (QED) is 0.318. The molecule has 1 aliphatic rings. The molecular formula is C26H24N4O4. The van der Waals surface area contributed by atoms with Gasteiger partial charge in [-0.3, -0.25) is 9.59 Å². The number of hydrogen-bond acceptors (Lipinski definition) is 6. The van der Waals surface area contributed by atoms with Gasteiger partial charge in [-0.15, -0.1) is 0 Å². The van der Waals surface area contributed by atoms with E-state index in [9.17, 15) is 14.4 Å². The normalized spacial score (nSPS) is 14.6. The van der Waals surface area contributed by atoms with Crippen LogP contribution in [0.3, 0.4) is 0 Å². The Balaban J connectivity index is 1.75. The maximum absolute atomic E-state index is 13.0. The van der Waals surface area contributed by atoms with Crippen LogP contribution in [-0.2, 0) is 14.3 Å². The molecule has 2 amide bonds.